The van der Waals surface area contributed by atoms with Crippen LogP contribution in [0.4, 0.5) is 11.4 Å². The van der Waals surface area contributed by atoms with Crippen molar-refractivity contribution >= 4 is 96.9 Å². The molecule has 0 spiro atoms. The van der Waals surface area contributed by atoms with E-state index in [2.05, 4.69) is 21.6 Å². The summed E-state index contributed by atoms with van der Waals surface area (Å²) in [6, 6.07) is 10.9. The number of hydrogen-bond acceptors (Lipinski definition) is 11. The lowest BCUT2D eigenvalue weighted by Gasteiger charge is -2.14. The predicted molar refractivity (Wildman–Crippen MR) is 245 cm³/mol. The molecule has 0 unspecified atom stereocenters. The molecule has 4 aromatic carbocycles. The molecule has 4 heterocycles. The van der Waals surface area contributed by atoms with Crippen LogP contribution in [0.25, 0.3) is 65.7 Å². The third-order valence-corrected chi connectivity index (χ3v) is 14.8. The number of unbranched alkanes of at least 4 members (excludes halogenated alkanes) is 15. The molecule has 326 valence electrons. The normalized spacial score (nSPS) is 12.8. The van der Waals surface area contributed by atoms with Gasteiger partial charge in [0.25, 0.3) is 16.8 Å². The van der Waals surface area contributed by atoms with Crippen LogP contribution in [0, 0.1) is 10.1 Å². The smallest absolute Gasteiger partial charge is 0.283 e. The molecular weight excluding hydrogens is 831 g/mol. The van der Waals surface area contributed by atoms with Gasteiger partial charge < -0.3 is 5.73 Å². The van der Waals surface area contributed by atoms with E-state index in [-0.39, 0.29) is 87.7 Å². The van der Waals surface area contributed by atoms with Crippen molar-refractivity contribution in [2.24, 2.45) is 0 Å². The van der Waals surface area contributed by atoms with Gasteiger partial charge in [0.1, 0.15) is 16.7 Å². The van der Waals surface area contributed by atoms with Crippen molar-refractivity contribution in [3.63, 3.8) is 0 Å². The molecule has 0 saturated heterocycles. The molecular formula is C45H51N7O8S2. The number of nitrogen functional groups attached to an aromatic ring is 1. The van der Waals surface area contributed by atoms with Crippen LogP contribution in [0.15, 0.2) is 67.9 Å². The number of hydrogen-bond donors (Lipinski definition) is 2. The van der Waals surface area contributed by atoms with Crippen molar-refractivity contribution in [3.05, 3.63) is 79.4 Å². The van der Waals surface area contributed by atoms with Gasteiger partial charge >= 0.3 is 0 Å². The largest absolute Gasteiger partial charge is 0.398 e. The first kappa shape index (κ1) is 43.1. The SMILES string of the molecule is CCCCCCCCCCCCCCCCCCNS(=O)(=O)c1ccc2nc3c4cc(N)c5c(=O)n6c7cc(S(C)(=O)=O)ccc7nc6c6cc([N+](=O)[O-])c(c(=O)n3c2c1)c4c56. The molecule has 62 heavy (non-hydrogen) atoms. The number of nitrogens with two attached hydrogens (primary N) is 1. The quantitative estimate of drug-likeness (QED) is 0.0228. The van der Waals surface area contributed by atoms with Gasteiger partial charge in [0.15, 0.2) is 9.84 Å². The molecule has 8 aromatic rings. The standard InChI is InChI=1S/C45H51N7O8S2/c1-3-4-5-6-7-8-9-10-11-12-13-14-15-16-17-18-23-47-62(59,60)29-20-22-34-36(25-29)51-42(48-34)30-26-32(46)40-38-31(27-37(52(55)56)41(39(30)38)45(51)54)43-49-33-21-19-28(61(2,57)58)24-35(33)50(43)44(40)53/h19-22,24-27,47H,3-18,23,46H2,1-2H3. The molecule has 0 aliphatic carbocycles. The molecule has 0 radical (unpaired) electrons. The highest BCUT2D eigenvalue weighted by Gasteiger charge is 2.30. The maximum atomic E-state index is 14.6. The second kappa shape index (κ2) is 17.3. The van der Waals surface area contributed by atoms with E-state index in [1.165, 1.54) is 130 Å². The molecule has 17 heteroatoms. The fraction of sp³-hybridized carbons (Fsp3) is 0.422. The fourth-order valence-corrected chi connectivity index (χ4v) is 10.8. The zero-order valence-electron chi connectivity index (χ0n) is 35.0. The van der Waals surface area contributed by atoms with Gasteiger partial charge in [0, 0.05) is 46.1 Å². The lowest BCUT2D eigenvalue weighted by molar-refractivity contribution is -0.383. The summed E-state index contributed by atoms with van der Waals surface area (Å²) in [5, 5.41) is 13.1. The van der Waals surface area contributed by atoms with E-state index >= 15 is 0 Å². The number of aromatic nitrogens is 4. The molecule has 0 bridgehead atoms. The Bertz CT molecular complexity index is 3370. The number of benzene rings is 4. The van der Waals surface area contributed by atoms with E-state index in [9.17, 15) is 36.5 Å². The van der Waals surface area contributed by atoms with Crippen LogP contribution in [0.3, 0.4) is 0 Å². The van der Waals surface area contributed by atoms with Crippen molar-refractivity contribution in [1.82, 2.24) is 23.5 Å². The minimum Gasteiger partial charge on any atom is -0.398 e. The van der Waals surface area contributed by atoms with E-state index < -0.39 is 41.6 Å². The molecule has 0 saturated carbocycles. The van der Waals surface area contributed by atoms with E-state index in [0.717, 1.165) is 29.9 Å². The maximum Gasteiger partial charge on any atom is 0.283 e. The average Bonchev–Trinajstić information content (AvgIpc) is 3.82. The number of imidazole rings is 2. The molecule has 0 atom stereocenters. The number of rotatable bonds is 21. The van der Waals surface area contributed by atoms with Gasteiger partial charge in [-0.3, -0.25) is 28.5 Å². The summed E-state index contributed by atoms with van der Waals surface area (Å²) in [6.45, 7) is 2.50. The van der Waals surface area contributed by atoms with Gasteiger partial charge in [-0.05, 0) is 48.9 Å². The molecule has 4 aromatic heterocycles. The summed E-state index contributed by atoms with van der Waals surface area (Å²) in [4.78, 5) is 50.1. The predicted octanol–water partition coefficient (Wildman–Crippen LogP) is 8.78. The Balaban J connectivity index is 1.04. The highest BCUT2D eigenvalue weighted by atomic mass is 32.2. The summed E-state index contributed by atoms with van der Waals surface area (Å²) in [7, 11) is -7.67. The lowest BCUT2D eigenvalue weighted by atomic mass is 9.94. The summed E-state index contributed by atoms with van der Waals surface area (Å²) in [6.07, 6.45) is 20.5. The number of fused-ring (bicyclic) bond motifs is 8. The van der Waals surface area contributed by atoms with Gasteiger partial charge in [0.2, 0.25) is 10.0 Å². The van der Waals surface area contributed by atoms with Gasteiger partial charge in [-0.25, -0.2) is 31.5 Å². The number of nitrogens with zero attached hydrogens (tertiary/aromatic N) is 5. The average molecular weight is 882 g/mol. The van der Waals surface area contributed by atoms with Crippen molar-refractivity contribution in [2.75, 3.05) is 18.5 Å². The first-order chi connectivity index (χ1) is 29.7. The van der Waals surface area contributed by atoms with Crippen LogP contribution < -0.4 is 21.6 Å². The Labute approximate surface area is 358 Å². The Kier molecular flexibility index (Phi) is 12.1. The number of nitrogens with one attached hydrogen (secondary N) is 1. The Morgan fingerprint density at radius 1 is 0.629 bits per heavy atom. The van der Waals surface area contributed by atoms with Crippen molar-refractivity contribution < 1.29 is 21.8 Å². The monoisotopic (exact) mass is 881 g/mol. The molecule has 0 amide bonds. The van der Waals surface area contributed by atoms with Crippen molar-refractivity contribution in [3.8, 4) is 0 Å². The zero-order valence-corrected chi connectivity index (χ0v) is 36.7. The van der Waals surface area contributed by atoms with E-state index in [1.807, 2.05) is 0 Å². The third kappa shape index (κ3) is 7.90. The Morgan fingerprint density at radius 2 is 1.08 bits per heavy atom. The number of anilines is 1. The van der Waals surface area contributed by atoms with Crippen LogP contribution >= 0.6 is 0 Å². The molecule has 0 fully saturated rings. The molecule has 3 N–H and O–H groups in total. The summed E-state index contributed by atoms with van der Waals surface area (Å²) in [5.74, 6) is 0. The highest BCUT2D eigenvalue weighted by molar-refractivity contribution is 7.90. The third-order valence-electron chi connectivity index (χ3n) is 12.2. The van der Waals surface area contributed by atoms with Crippen molar-refractivity contribution in [2.45, 2.75) is 119 Å². The minimum absolute atomic E-state index is 0.0140. The second-order valence-corrected chi connectivity index (χ2v) is 20.4. The Hall–Kier alpha value is -5.52. The van der Waals surface area contributed by atoms with Crippen LogP contribution in [0.5, 0.6) is 0 Å². The first-order valence-corrected chi connectivity index (χ1v) is 25.0. The lowest BCUT2D eigenvalue weighted by Crippen LogP contribution is -2.25. The number of nitro groups is 1. The molecule has 0 aliphatic heterocycles. The van der Waals surface area contributed by atoms with Gasteiger partial charge in [-0.1, -0.05) is 103 Å². The van der Waals surface area contributed by atoms with Gasteiger partial charge in [-0.2, -0.15) is 0 Å². The second-order valence-electron chi connectivity index (χ2n) is 16.6. The number of non-ortho nitro benzene ring substituents is 1. The summed E-state index contributed by atoms with van der Waals surface area (Å²) >= 11 is 0. The summed E-state index contributed by atoms with van der Waals surface area (Å²) in [5.41, 5.74) is 5.46. The number of pyridine rings is 2. The Morgan fingerprint density at radius 3 is 1.60 bits per heavy atom. The van der Waals surface area contributed by atoms with Crippen LogP contribution in [0.1, 0.15) is 110 Å². The number of sulfonamides is 1. The molecule has 8 rings (SSSR count). The minimum atomic E-state index is -4.00. The van der Waals surface area contributed by atoms with E-state index in [4.69, 9.17) is 5.73 Å². The van der Waals surface area contributed by atoms with E-state index in [1.54, 1.807) is 0 Å². The van der Waals surface area contributed by atoms with Crippen LogP contribution in [-0.4, -0.2) is 53.3 Å². The van der Waals surface area contributed by atoms with Gasteiger partial charge in [0.05, 0.1) is 42.2 Å². The fourth-order valence-electron chi connectivity index (χ4n) is 9.05. The van der Waals surface area contributed by atoms with Gasteiger partial charge in [-0.15, -0.1) is 0 Å². The van der Waals surface area contributed by atoms with E-state index in [0.29, 0.717) is 6.42 Å². The number of sulfone groups is 1. The molecule has 15 nitrogen and oxygen atoms in total. The maximum absolute atomic E-state index is 14.6. The summed E-state index contributed by atoms with van der Waals surface area (Å²) < 4.78 is 56.9. The first-order valence-electron chi connectivity index (χ1n) is 21.7. The number of nitro benzene ring substituents is 1. The topological polar surface area (TPSA) is 218 Å². The zero-order chi connectivity index (χ0) is 43.9. The highest BCUT2D eigenvalue weighted by Crippen LogP contribution is 2.43. The molecule has 0 aliphatic rings. The van der Waals surface area contributed by atoms with Crippen molar-refractivity contribution in [1.29, 1.82) is 0 Å². The van der Waals surface area contributed by atoms with Crippen LogP contribution in [0.2, 0.25) is 0 Å². The van der Waals surface area contributed by atoms with Crippen LogP contribution in [-0.2, 0) is 19.9 Å².